The van der Waals surface area contributed by atoms with Crippen molar-refractivity contribution in [1.82, 2.24) is 9.80 Å². The molecule has 0 atom stereocenters. The first kappa shape index (κ1) is 14.9. The van der Waals surface area contributed by atoms with Gasteiger partial charge in [-0.05, 0) is 48.9 Å². The Morgan fingerprint density at radius 3 is 2.32 bits per heavy atom. The molecular formula is C18H22N2O2. The molecule has 0 saturated carbocycles. The maximum absolute atomic E-state index is 12.6. The van der Waals surface area contributed by atoms with Crippen LogP contribution in [0.15, 0.2) is 36.4 Å². The van der Waals surface area contributed by atoms with Crippen molar-refractivity contribution >= 4 is 16.7 Å². The third kappa shape index (κ3) is 2.92. The van der Waals surface area contributed by atoms with Gasteiger partial charge in [-0.1, -0.05) is 12.1 Å². The maximum Gasteiger partial charge on any atom is 0.253 e. The number of fused-ring (bicyclic) bond motifs is 1. The van der Waals surface area contributed by atoms with Crippen molar-refractivity contribution in [2.45, 2.75) is 19.9 Å². The summed E-state index contributed by atoms with van der Waals surface area (Å²) in [6.45, 7) is 7.82. The van der Waals surface area contributed by atoms with Crippen molar-refractivity contribution in [1.29, 1.82) is 0 Å². The van der Waals surface area contributed by atoms with Gasteiger partial charge in [0, 0.05) is 37.8 Å². The zero-order valence-electron chi connectivity index (χ0n) is 13.1. The van der Waals surface area contributed by atoms with Crippen LogP contribution in [0, 0.1) is 0 Å². The minimum absolute atomic E-state index is 0.0957. The smallest absolute Gasteiger partial charge is 0.253 e. The number of nitrogens with zero attached hydrogens (tertiary/aromatic N) is 2. The Labute approximate surface area is 131 Å². The highest BCUT2D eigenvalue weighted by Gasteiger charge is 2.23. The normalized spacial score (nSPS) is 16.4. The molecule has 0 radical (unpaired) electrons. The van der Waals surface area contributed by atoms with Gasteiger partial charge in [0.2, 0.25) is 0 Å². The summed E-state index contributed by atoms with van der Waals surface area (Å²) in [5, 5.41) is 11.4. The molecule has 0 bridgehead atoms. The number of rotatable bonds is 2. The van der Waals surface area contributed by atoms with Crippen LogP contribution in [-0.4, -0.2) is 53.0 Å². The van der Waals surface area contributed by atoms with Gasteiger partial charge in [0.1, 0.15) is 5.75 Å². The summed E-state index contributed by atoms with van der Waals surface area (Å²) in [6.07, 6.45) is 0. The quantitative estimate of drug-likeness (QED) is 0.927. The van der Waals surface area contributed by atoms with Gasteiger partial charge in [0.25, 0.3) is 5.91 Å². The summed E-state index contributed by atoms with van der Waals surface area (Å²) >= 11 is 0. The molecule has 22 heavy (non-hydrogen) atoms. The van der Waals surface area contributed by atoms with Crippen molar-refractivity contribution < 1.29 is 9.90 Å². The first-order valence-corrected chi connectivity index (χ1v) is 7.81. The molecule has 1 saturated heterocycles. The van der Waals surface area contributed by atoms with Gasteiger partial charge in [-0.15, -0.1) is 0 Å². The molecule has 0 aromatic heterocycles. The number of carbonyl (C=O) groups is 1. The van der Waals surface area contributed by atoms with E-state index in [-0.39, 0.29) is 11.7 Å². The predicted octanol–water partition coefficient (Wildman–Crippen LogP) is 2.71. The molecule has 1 aliphatic rings. The highest BCUT2D eigenvalue weighted by molar-refractivity contribution is 5.98. The Hall–Kier alpha value is -2.07. The maximum atomic E-state index is 12.6. The topological polar surface area (TPSA) is 43.8 Å². The Kier molecular flexibility index (Phi) is 4.03. The summed E-state index contributed by atoms with van der Waals surface area (Å²) in [6, 6.07) is 11.4. The van der Waals surface area contributed by atoms with Crippen LogP contribution in [0.25, 0.3) is 10.8 Å². The van der Waals surface area contributed by atoms with E-state index in [9.17, 15) is 9.90 Å². The fourth-order valence-corrected chi connectivity index (χ4v) is 2.99. The number of hydrogen-bond acceptors (Lipinski definition) is 3. The van der Waals surface area contributed by atoms with Gasteiger partial charge < -0.3 is 10.0 Å². The predicted molar refractivity (Wildman–Crippen MR) is 88.2 cm³/mol. The summed E-state index contributed by atoms with van der Waals surface area (Å²) in [4.78, 5) is 17.0. The van der Waals surface area contributed by atoms with E-state index in [1.807, 2.05) is 29.2 Å². The molecule has 4 heteroatoms. The summed E-state index contributed by atoms with van der Waals surface area (Å²) in [7, 11) is 0. The second-order valence-corrected chi connectivity index (χ2v) is 6.17. The number of phenolic OH excluding ortho intramolecular Hbond substituents is 1. The van der Waals surface area contributed by atoms with Crippen LogP contribution in [0.4, 0.5) is 0 Å². The molecule has 1 N–H and O–H groups in total. The largest absolute Gasteiger partial charge is 0.508 e. The average molecular weight is 298 g/mol. The van der Waals surface area contributed by atoms with Crippen LogP contribution in [0.3, 0.4) is 0 Å². The fourth-order valence-electron chi connectivity index (χ4n) is 2.99. The summed E-state index contributed by atoms with van der Waals surface area (Å²) in [5.41, 5.74) is 0.719. The molecular weight excluding hydrogens is 276 g/mol. The van der Waals surface area contributed by atoms with E-state index in [2.05, 4.69) is 18.7 Å². The molecule has 1 heterocycles. The Balaban J connectivity index is 1.77. The van der Waals surface area contributed by atoms with Gasteiger partial charge in [-0.25, -0.2) is 0 Å². The highest BCUT2D eigenvalue weighted by atomic mass is 16.3. The number of hydrogen-bond donors (Lipinski definition) is 1. The molecule has 0 unspecified atom stereocenters. The molecule has 1 fully saturated rings. The lowest BCUT2D eigenvalue weighted by Crippen LogP contribution is -2.50. The molecule has 2 aromatic carbocycles. The van der Waals surface area contributed by atoms with Crippen LogP contribution in [0.1, 0.15) is 24.2 Å². The van der Waals surface area contributed by atoms with Gasteiger partial charge in [0.15, 0.2) is 0 Å². The lowest BCUT2D eigenvalue weighted by atomic mass is 10.1. The standard InChI is InChI=1S/C18H22N2O2/c1-13(2)19-7-9-20(10-8-19)18(22)16-4-3-15-12-17(21)6-5-14(15)11-16/h3-6,11-13,21H,7-10H2,1-2H3. The minimum Gasteiger partial charge on any atom is -0.508 e. The van der Waals surface area contributed by atoms with Gasteiger partial charge in [-0.2, -0.15) is 0 Å². The molecule has 0 spiro atoms. The minimum atomic E-state index is 0.0957. The number of amides is 1. The third-order valence-electron chi connectivity index (χ3n) is 4.40. The van der Waals surface area contributed by atoms with E-state index in [1.165, 1.54) is 0 Å². The molecule has 2 aromatic rings. The molecule has 1 amide bonds. The Bertz CT molecular complexity index is 689. The van der Waals surface area contributed by atoms with Crippen LogP contribution in [0.5, 0.6) is 5.75 Å². The van der Waals surface area contributed by atoms with Crippen molar-refractivity contribution in [3.8, 4) is 5.75 Å². The van der Waals surface area contributed by atoms with E-state index in [4.69, 9.17) is 0 Å². The van der Waals surface area contributed by atoms with Crippen molar-refractivity contribution in [2.75, 3.05) is 26.2 Å². The number of carbonyl (C=O) groups excluding carboxylic acids is 1. The van der Waals surface area contributed by atoms with E-state index in [0.29, 0.717) is 6.04 Å². The van der Waals surface area contributed by atoms with Crippen molar-refractivity contribution in [3.63, 3.8) is 0 Å². The second kappa shape index (κ2) is 5.97. The Morgan fingerprint density at radius 1 is 1.00 bits per heavy atom. The first-order chi connectivity index (χ1) is 10.5. The van der Waals surface area contributed by atoms with E-state index in [1.54, 1.807) is 12.1 Å². The zero-order chi connectivity index (χ0) is 15.7. The van der Waals surface area contributed by atoms with Crippen LogP contribution in [0.2, 0.25) is 0 Å². The number of phenols is 1. The van der Waals surface area contributed by atoms with Gasteiger partial charge in [-0.3, -0.25) is 9.69 Å². The lowest BCUT2D eigenvalue weighted by molar-refractivity contribution is 0.0595. The molecule has 116 valence electrons. The van der Waals surface area contributed by atoms with Gasteiger partial charge in [0.05, 0.1) is 0 Å². The van der Waals surface area contributed by atoms with E-state index >= 15 is 0 Å². The molecule has 3 rings (SSSR count). The van der Waals surface area contributed by atoms with Crippen molar-refractivity contribution in [2.24, 2.45) is 0 Å². The lowest BCUT2D eigenvalue weighted by Gasteiger charge is -2.37. The fraction of sp³-hybridized carbons (Fsp3) is 0.389. The monoisotopic (exact) mass is 298 g/mol. The summed E-state index contributed by atoms with van der Waals surface area (Å²) in [5.74, 6) is 0.342. The zero-order valence-corrected chi connectivity index (χ0v) is 13.1. The van der Waals surface area contributed by atoms with E-state index in [0.717, 1.165) is 42.5 Å². The number of piperazine rings is 1. The highest BCUT2D eigenvalue weighted by Crippen LogP contribution is 2.22. The summed E-state index contributed by atoms with van der Waals surface area (Å²) < 4.78 is 0. The molecule has 0 aliphatic carbocycles. The number of benzene rings is 2. The van der Waals surface area contributed by atoms with Crippen LogP contribution < -0.4 is 0 Å². The van der Waals surface area contributed by atoms with Crippen LogP contribution >= 0.6 is 0 Å². The third-order valence-corrected chi connectivity index (χ3v) is 4.40. The van der Waals surface area contributed by atoms with Crippen LogP contribution in [-0.2, 0) is 0 Å². The van der Waals surface area contributed by atoms with Gasteiger partial charge >= 0.3 is 0 Å². The molecule has 1 aliphatic heterocycles. The SMILES string of the molecule is CC(C)N1CCN(C(=O)c2ccc3cc(O)ccc3c2)CC1. The first-order valence-electron chi connectivity index (χ1n) is 7.81. The van der Waals surface area contributed by atoms with Crippen molar-refractivity contribution in [3.05, 3.63) is 42.0 Å². The molecule has 4 nitrogen and oxygen atoms in total. The average Bonchev–Trinajstić information content (AvgIpc) is 2.53. The Morgan fingerprint density at radius 2 is 1.64 bits per heavy atom. The second-order valence-electron chi connectivity index (χ2n) is 6.17. The van der Waals surface area contributed by atoms with E-state index < -0.39 is 0 Å². The number of aromatic hydroxyl groups is 1.